The summed E-state index contributed by atoms with van der Waals surface area (Å²) in [5.41, 5.74) is 0. The molecule has 4 N–H and O–H groups in total. The van der Waals surface area contributed by atoms with Gasteiger partial charge in [-0.15, -0.1) is 0 Å². The summed E-state index contributed by atoms with van der Waals surface area (Å²) in [4.78, 5) is 22.2. The van der Waals surface area contributed by atoms with Crippen LogP contribution in [0.1, 0.15) is 6.42 Å². The Kier molecular flexibility index (Phi) is 5.62. The molecule has 7 heteroatoms. The van der Waals surface area contributed by atoms with Gasteiger partial charge in [-0.1, -0.05) is 12.1 Å². The van der Waals surface area contributed by atoms with Crippen molar-refractivity contribution in [1.82, 2.24) is 5.32 Å². The number of aliphatic hydroxyl groups excluding tert-OH is 1. The lowest BCUT2D eigenvalue weighted by Gasteiger charge is -2.13. The highest BCUT2D eigenvalue weighted by molar-refractivity contribution is 5.84. The van der Waals surface area contributed by atoms with Crippen LogP contribution in [0.4, 0.5) is 0 Å². The fourth-order valence-corrected chi connectivity index (χ4v) is 1.34. The lowest BCUT2D eigenvalue weighted by Crippen LogP contribution is -2.43. The van der Waals surface area contributed by atoms with Crippen molar-refractivity contribution < 1.29 is 29.6 Å². The maximum Gasteiger partial charge on any atom is 0.326 e. The van der Waals surface area contributed by atoms with Crippen molar-refractivity contribution in [3.05, 3.63) is 24.3 Å². The monoisotopic (exact) mass is 269 g/mol. The quantitative estimate of drug-likeness (QED) is 0.541. The first-order chi connectivity index (χ1) is 9.04. The topological polar surface area (TPSA) is 116 Å². The fourth-order valence-electron chi connectivity index (χ4n) is 1.34. The molecule has 0 saturated carbocycles. The molecule has 7 nitrogen and oxygen atoms in total. The summed E-state index contributed by atoms with van der Waals surface area (Å²) >= 11 is 0. The van der Waals surface area contributed by atoms with Gasteiger partial charge in [0.1, 0.15) is 6.04 Å². The maximum atomic E-state index is 11.5. The Morgan fingerprint density at radius 1 is 1.32 bits per heavy atom. The van der Waals surface area contributed by atoms with Crippen LogP contribution in [-0.2, 0) is 9.59 Å². The lowest BCUT2D eigenvalue weighted by molar-refractivity contribution is -0.142. The molecule has 0 bridgehead atoms. The number of carboxylic acid groups (broad SMARTS) is 1. The molecule has 0 heterocycles. The Labute approximate surface area is 109 Å². The first-order valence-electron chi connectivity index (χ1n) is 5.58. The molecule has 0 saturated heterocycles. The lowest BCUT2D eigenvalue weighted by atomic mass is 10.2. The van der Waals surface area contributed by atoms with E-state index in [-0.39, 0.29) is 24.5 Å². The van der Waals surface area contributed by atoms with Gasteiger partial charge in [-0.05, 0) is 12.1 Å². The Balaban J connectivity index is 2.47. The number of phenols is 1. The van der Waals surface area contributed by atoms with Crippen molar-refractivity contribution in [3.63, 3.8) is 0 Å². The molecule has 1 atom stereocenters. The number of hydrogen-bond donors (Lipinski definition) is 4. The molecule has 0 unspecified atom stereocenters. The number of amides is 1. The number of aromatic hydroxyl groups is 1. The van der Waals surface area contributed by atoms with Crippen LogP contribution >= 0.6 is 0 Å². The van der Waals surface area contributed by atoms with Crippen LogP contribution in [0.3, 0.4) is 0 Å². The molecule has 0 fully saturated rings. The van der Waals surface area contributed by atoms with Crippen molar-refractivity contribution in [3.8, 4) is 11.5 Å². The number of ether oxygens (including phenoxy) is 1. The average molecular weight is 269 g/mol. The highest BCUT2D eigenvalue weighted by Gasteiger charge is 2.19. The van der Waals surface area contributed by atoms with Gasteiger partial charge in [-0.25, -0.2) is 4.79 Å². The van der Waals surface area contributed by atoms with E-state index in [4.69, 9.17) is 14.9 Å². The number of aliphatic hydroxyl groups is 1. The Hall–Kier alpha value is -2.28. The SMILES string of the molecule is O=C(COc1ccccc1O)N[C@@H](CCO)C(=O)O. The van der Waals surface area contributed by atoms with E-state index in [9.17, 15) is 14.7 Å². The van der Waals surface area contributed by atoms with Gasteiger partial charge in [-0.3, -0.25) is 4.79 Å². The van der Waals surface area contributed by atoms with Crippen molar-refractivity contribution in [2.75, 3.05) is 13.2 Å². The van der Waals surface area contributed by atoms with Crippen molar-refractivity contribution in [2.45, 2.75) is 12.5 Å². The maximum absolute atomic E-state index is 11.5. The molecular weight excluding hydrogens is 254 g/mol. The largest absolute Gasteiger partial charge is 0.504 e. The summed E-state index contributed by atoms with van der Waals surface area (Å²) in [7, 11) is 0. The number of rotatable bonds is 7. The summed E-state index contributed by atoms with van der Waals surface area (Å²) in [5, 5.41) is 29.0. The number of carbonyl (C=O) groups is 2. The molecule has 0 spiro atoms. The molecule has 0 aliphatic heterocycles. The zero-order valence-electron chi connectivity index (χ0n) is 10.1. The Morgan fingerprint density at radius 3 is 2.58 bits per heavy atom. The van der Waals surface area contributed by atoms with Gasteiger partial charge in [0.15, 0.2) is 18.1 Å². The van der Waals surface area contributed by atoms with E-state index in [1.54, 1.807) is 12.1 Å². The van der Waals surface area contributed by atoms with E-state index in [0.717, 1.165) is 0 Å². The number of carboxylic acids is 1. The Bertz CT molecular complexity index is 448. The van der Waals surface area contributed by atoms with Crippen LogP contribution < -0.4 is 10.1 Å². The summed E-state index contributed by atoms with van der Waals surface area (Å²) in [6, 6.07) is 4.94. The number of benzene rings is 1. The number of phenolic OH excluding ortho intramolecular Hbond substituents is 1. The number of aliphatic carboxylic acids is 1. The predicted molar refractivity (Wildman–Crippen MR) is 64.9 cm³/mol. The number of para-hydroxylation sites is 2. The van der Waals surface area contributed by atoms with E-state index in [0.29, 0.717) is 0 Å². The van der Waals surface area contributed by atoms with Gasteiger partial charge in [0.25, 0.3) is 5.91 Å². The van der Waals surface area contributed by atoms with Gasteiger partial charge < -0.3 is 25.4 Å². The molecule has 1 aromatic carbocycles. The van der Waals surface area contributed by atoms with Gasteiger partial charge in [0.05, 0.1) is 0 Å². The van der Waals surface area contributed by atoms with Gasteiger partial charge in [0, 0.05) is 13.0 Å². The van der Waals surface area contributed by atoms with E-state index >= 15 is 0 Å². The second-order valence-corrected chi connectivity index (χ2v) is 3.73. The van der Waals surface area contributed by atoms with Gasteiger partial charge >= 0.3 is 5.97 Å². The van der Waals surface area contributed by atoms with E-state index in [1.165, 1.54) is 12.1 Å². The van der Waals surface area contributed by atoms with Crippen molar-refractivity contribution in [2.24, 2.45) is 0 Å². The third-order valence-electron chi connectivity index (χ3n) is 2.28. The molecule has 1 amide bonds. The molecule has 19 heavy (non-hydrogen) atoms. The predicted octanol–water partition coefficient (Wildman–Crippen LogP) is -0.277. The molecule has 0 aromatic heterocycles. The number of hydrogen-bond acceptors (Lipinski definition) is 5. The molecule has 104 valence electrons. The van der Waals surface area contributed by atoms with Crippen LogP contribution in [0.25, 0.3) is 0 Å². The standard InChI is InChI=1S/C12H15NO6/c14-6-5-8(12(17)18)13-11(16)7-19-10-4-2-1-3-9(10)15/h1-4,8,14-15H,5-7H2,(H,13,16)(H,17,18)/t8-/m0/s1. The third kappa shape index (κ3) is 4.84. The van der Waals surface area contributed by atoms with E-state index in [2.05, 4.69) is 5.32 Å². The summed E-state index contributed by atoms with van der Waals surface area (Å²) in [6.07, 6.45) is -0.0857. The van der Waals surface area contributed by atoms with Gasteiger partial charge in [0.2, 0.25) is 0 Å². The van der Waals surface area contributed by atoms with Gasteiger partial charge in [-0.2, -0.15) is 0 Å². The smallest absolute Gasteiger partial charge is 0.326 e. The molecule has 1 aromatic rings. The summed E-state index contributed by atoms with van der Waals surface area (Å²) in [6.45, 7) is -0.773. The van der Waals surface area contributed by atoms with E-state index < -0.39 is 24.5 Å². The van der Waals surface area contributed by atoms with Crippen LogP contribution in [0.5, 0.6) is 11.5 Å². The highest BCUT2D eigenvalue weighted by Crippen LogP contribution is 2.23. The Morgan fingerprint density at radius 2 is 2.00 bits per heavy atom. The van der Waals surface area contributed by atoms with Crippen LogP contribution in [-0.4, -0.2) is 46.5 Å². The fraction of sp³-hybridized carbons (Fsp3) is 0.333. The van der Waals surface area contributed by atoms with Crippen molar-refractivity contribution >= 4 is 11.9 Å². The molecular formula is C12H15NO6. The minimum atomic E-state index is -1.23. The second-order valence-electron chi connectivity index (χ2n) is 3.73. The average Bonchev–Trinajstić information content (AvgIpc) is 2.37. The molecule has 0 aliphatic rings. The summed E-state index contributed by atoms with van der Waals surface area (Å²) in [5.74, 6) is -1.86. The van der Waals surface area contributed by atoms with E-state index in [1.807, 2.05) is 0 Å². The zero-order chi connectivity index (χ0) is 14.3. The minimum Gasteiger partial charge on any atom is -0.504 e. The number of carbonyl (C=O) groups excluding carboxylic acids is 1. The van der Waals surface area contributed by atoms with Crippen LogP contribution in [0.2, 0.25) is 0 Å². The number of nitrogens with one attached hydrogen (secondary N) is 1. The third-order valence-corrected chi connectivity index (χ3v) is 2.28. The first-order valence-corrected chi connectivity index (χ1v) is 5.58. The second kappa shape index (κ2) is 7.22. The first kappa shape index (κ1) is 14.8. The molecule has 0 radical (unpaired) electrons. The molecule has 1 rings (SSSR count). The minimum absolute atomic E-state index is 0.0857. The summed E-state index contributed by atoms with van der Waals surface area (Å²) < 4.78 is 5.04. The van der Waals surface area contributed by atoms with Crippen LogP contribution in [0, 0.1) is 0 Å². The highest BCUT2D eigenvalue weighted by atomic mass is 16.5. The van der Waals surface area contributed by atoms with Crippen molar-refractivity contribution in [1.29, 1.82) is 0 Å². The zero-order valence-corrected chi connectivity index (χ0v) is 10.1. The molecule has 0 aliphatic carbocycles. The van der Waals surface area contributed by atoms with Crippen LogP contribution in [0.15, 0.2) is 24.3 Å². The normalized spacial score (nSPS) is 11.6.